The van der Waals surface area contributed by atoms with Gasteiger partial charge in [-0.05, 0) is 12.8 Å². The number of nitrogen functional groups attached to an aromatic ring is 1. The molecule has 1 saturated heterocycles. The Balaban J connectivity index is 1.35. The van der Waals surface area contributed by atoms with Crippen molar-refractivity contribution >= 4 is 75.4 Å². The van der Waals surface area contributed by atoms with Gasteiger partial charge < -0.3 is 55.7 Å². The summed E-state index contributed by atoms with van der Waals surface area (Å²) < 4.78 is 62.3. The quantitative estimate of drug-likeness (QED) is 0.0297. The average molecular weight is 978 g/mol. The highest BCUT2D eigenvalue weighted by Crippen LogP contribution is 2.61. The van der Waals surface area contributed by atoms with E-state index in [1.165, 1.54) is 13.8 Å². The normalized spacial score (nSPS) is 20.5. The first-order chi connectivity index (χ1) is 29.6. The summed E-state index contributed by atoms with van der Waals surface area (Å²) >= 11 is 1.13. The number of thioether (sulfide) groups is 1. The topological polar surface area (TPSA) is 381 Å². The third-order valence-electron chi connectivity index (χ3n) is 9.47. The standard InChI is InChI=1S/C34H58N7O18P3S/c1-34(2,29(46)32(47)37-15-14-24(43)36-16-18-63-25(44)13-11-9-7-5-3-4-6-8-10-12-17-42)20-56-62(53,54)59-61(51,52)55-19-23-28(58-60(48,49)50)27(45)33(57-23)41-22-40-26-30(35)38-21-39-31(26)41/h17,21-23,27-29,33,45-46H,3-16,18-20H2,1-2H3,(H,36,43)(H,37,47)(H,51,52)(H,53,54)(H2,35,38,39)(H2,48,49,50)/t23-,27-,28-,29+,33-/m1/s1. The van der Waals surface area contributed by atoms with E-state index in [4.69, 9.17) is 19.5 Å². The van der Waals surface area contributed by atoms with E-state index in [1.54, 1.807) is 0 Å². The molecule has 10 N–H and O–H groups in total. The van der Waals surface area contributed by atoms with Crippen LogP contribution in [0.2, 0.25) is 0 Å². The summed E-state index contributed by atoms with van der Waals surface area (Å²) in [7, 11) is -16.4. The number of carbonyl (C=O) groups excluding carboxylic acids is 4. The van der Waals surface area contributed by atoms with Crippen LogP contribution in [-0.2, 0) is 55.5 Å². The van der Waals surface area contributed by atoms with Crippen molar-refractivity contribution in [3.05, 3.63) is 12.7 Å². The molecule has 3 heterocycles. The number of anilines is 1. The Labute approximate surface area is 367 Å². The van der Waals surface area contributed by atoms with Crippen LogP contribution in [0.5, 0.6) is 0 Å². The van der Waals surface area contributed by atoms with Crippen LogP contribution in [0.4, 0.5) is 5.82 Å². The molecule has 2 amide bonds. The van der Waals surface area contributed by atoms with E-state index in [-0.39, 0.29) is 41.6 Å². The van der Waals surface area contributed by atoms with Crippen molar-refractivity contribution < 1.29 is 85.3 Å². The minimum atomic E-state index is -5.58. The van der Waals surface area contributed by atoms with Crippen LogP contribution in [0, 0.1) is 5.41 Å². The molecule has 0 aromatic carbocycles. The Hall–Kier alpha value is -2.77. The maximum absolute atomic E-state index is 12.7. The summed E-state index contributed by atoms with van der Waals surface area (Å²) in [6.45, 7) is 0.517. The van der Waals surface area contributed by atoms with E-state index >= 15 is 0 Å². The lowest BCUT2D eigenvalue weighted by Gasteiger charge is -2.30. The first kappa shape index (κ1) is 54.6. The van der Waals surface area contributed by atoms with Crippen LogP contribution in [0.25, 0.3) is 11.2 Å². The molecule has 29 heteroatoms. The largest absolute Gasteiger partial charge is 0.481 e. The third-order valence-corrected chi connectivity index (χ3v) is 13.5. The smallest absolute Gasteiger partial charge is 0.386 e. The summed E-state index contributed by atoms with van der Waals surface area (Å²) in [6, 6.07) is 0. The summed E-state index contributed by atoms with van der Waals surface area (Å²) in [4.78, 5) is 98.4. The van der Waals surface area contributed by atoms with Gasteiger partial charge in [-0.15, -0.1) is 0 Å². The number of aliphatic hydroxyl groups is 2. The van der Waals surface area contributed by atoms with Gasteiger partial charge >= 0.3 is 23.5 Å². The van der Waals surface area contributed by atoms with E-state index in [9.17, 15) is 62.7 Å². The van der Waals surface area contributed by atoms with E-state index < -0.39 is 84.6 Å². The first-order valence-corrected chi connectivity index (χ1v) is 25.5. The maximum atomic E-state index is 12.7. The molecule has 2 aromatic rings. The van der Waals surface area contributed by atoms with Gasteiger partial charge in [0.05, 0.1) is 19.5 Å². The Morgan fingerprint density at radius 1 is 0.937 bits per heavy atom. The van der Waals surface area contributed by atoms with Gasteiger partial charge in [0.15, 0.2) is 22.8 Å². The van der Waals surface area contributed by atoms with Gasteiger partial charge in [-0.1, -0.05) is 70.6 Å². The van der Waals surface area contributed by atoms with Crippen molar-refractivity contribution in [1.82, 2.24) is 30.2 Å². The zero-order valence-corrected chi connectivity index (χ0v) is 38.3. The zero-order valence-electron chi connectivity index (χ0n) is 34.8. The molecule has 0 aliphatic carbocycles. The molecular weight excluding hydrogens is 919 g/mol. The van der Waals surface area contributed by atoms with Crippen molar-refractivity contribution in [2.45, 2.75) is 122 Å². The number of hydrogen-bond acceptors (Lipinski definition) is 19. The van der Waals surface area contributed by atoms with Gasteiger partial charge in [0, 0.05) is 43.5 Å². The predicted molar refractivity (Wildman–Crippen MR) is 224 cm³/mol. The molecule has 0 bridgehead atoms. The van der Waals surface area contributed by atoms with Crippen LogP contribution in [0.1, 0.15) is 97.1 Å². The first-order valence-electron chi connectivity index (χ1n) is 20.0. The Bertz CT molecular complexity index is 1960. The lowest BCUT2D eigenvalue weighted by molar-refractivity contribution is -0.137. The number of nitrogens with zero attached hydrogens (tertiary/aromatic N) is 4. The fraction of sp³-hybridized carbons (Fsp3) is 0.735. The number of aromatic nitrogens is 4. The molecular formula is C34H58N7O18P3S. The van der Waals surface area contributed by atoms with Crippen molar-refractivity contribution in [3.8, 4) is 0 Å². The summed E-state index contributed by atoms with van der Waals surface area (Å²) in [5.41, 5.74) is 4.26. The van der Waals surface area contributed by atoms with E-state index in [0.717, 1.165) is 93.1 Å². The minimum absolute atomic E-state index is 0.0295. The molecule has 2 aromatic heterocycles. The number of fused-ring (bicyclic) bond motifs is 1. The zero-order chi connectivity index (χ0) is 46.8. The molecule has 1 aliphatic heterocycles. The number of ether oxygens (including phenoxy) is 1. The SMILES string of the molecule is CC(C)(COP(=O)(O)OP(=O)(O)OC[C@H]1O[C@@H](n2cnc3c(N)ncnc32)[C@H](O)[C@@H]1OP(=O)(O)O)[C@@H](O)C(=O)NCCC(=O)NCCSC(=O)CCCCCCCCCCCC=O. The molecule has 7 atom stereocenters. The Morgan fingerprint density at radius 3 is 2.22 bits per heavy atom. The van der Waals surface area contributed by atoms with E-state index in [0.29, 0.717) is 18.6 Å². The summed E-state index contributed by atoms with van der Waals surface area (Å²) in [5.74, 6) is -1.07. The van der Waals surface area contributed by atoms with Crippen molar-refractivity contribution in [2.24, 2.45) is 5.41 Å². The number of nitrogens with one attached hydrogen (secondary N) is 2. The minimum Gasteiger partial charge on any atom is -0.386 e. The lowest BCUT2D eigenvalue weighted by Crippen LogP contribution is -2.46. The summed E-state index contributed by atoms with van der Waals surface area (Å²) in [5, 5.41) is 26.5. The summed E-state index contributed by atoms with van der Waals surface area (Å²) in [6.07, 6.45) is 4.51. The average Bonchev–Trinajstić information content (AvgIpc) is 3.76. The highest BCUT2D eigenvalue weighted by atomic mass is 32.2. The number of hydrogen-bond donors (Lipinski definition) is 9. The monoisotopic (exact) mass is 977 g/mol. The molecule has 0 radical (unpaired) electrons. The molecule has 358 valence electrons. The van der Waals surface area contributed by atoms with E-state index in [1.807, 2.05) is 0 Å². The number of phosphoric ester groups is 3. The predicted octanol–water partition coefficient (Wildman–Crippen LogP) is 2.15. The third kappa shape index (κ3) is 19.3. The number of amides is 2. The second-order valence-corrected chi connectivity index (χ2v) is 20.6. The number of carbonyl (C=O) groups is 4. The number of aliphatic hydroxyl groups excluding tert-OH is 2. The van der Waals surface area contributed by atoms with Crippen LogP contribution < -0.4 is 16.4 Å². The molecule has 1 fully saturated rings. The molecule has 0 spiro atoms. The van der Waals surface area contributed by atoms with Gasteiger partial charge in [0.25, 0.3) is 0 Å². The van der Waals surface area contributed by atoms with Crippen molar-refractivity contribution in [3.63, 3.8) is 0 Å². The molecule has 0 saturated carbocycles. The van der Waals surface area contributed by atoms with Crippen LogP contribution in [0.3, 0.4) is 0 Å². The maximum Gasteiger partial charge on any atom is 0.481 e. The fourth-order valence-electron chi connectivity index (χ4n) is 6.10. The Morgan fingerprint density at radius 2 is 1.57 bits per heavy atom. The second-order valence-electron chi connectivity index (χ2n) is 15.2. The molecule has 1 aliphatic rings. The van der Waals surface area contributed by atoms with Crippen molar-refractivity contribution in [2.75, 3.05) is 37.8 Å². The molecule has 63 heavy (non-hydrogen) atoms. The van der Waals surface area contributed by atoms with Gasteiger partial charge in [-0.3, -0.25) is 32.5 Å². The number of unbranched alkanes of at least 4 members (excludes halogenated alkanes) is 9. The number of nitrogens with two attached hydrogens (primary N) is 1. The number of imidazole rings is 1. The van der Waals surface area contributed by atoms with Crippen LogP contribution in [0.15, 0.2) is 12.7 Å². The molecule has 25 nitrogen and oxygen atoms in total. The second kappa shape index (κ2) is 25.8. The van der Waals surface area contributed by atoms with Crippen molar-refractivity contribution in [1.29, 1.82) is 0 Å². The highest BCUT2D eigenvalue weighted by Gasteiger charge is 2.50. The Kier molecular flexibility index (Phi) is 22.3. The van der Waals surface area contributed by atoms with Crippen LogP contribution >= 0.6 is 35.2 Å². The highest BCUT2D eigenvalue weighted by molar-refractivity contribution is 8.13. The number of rotatable bonds is 31. The van der Waals surface area contributed by atoms with Gasteiger partial charge in [0.2, 0.25) is 11.8 Å². The van der Waals surface area contributed by atoms with Gasteiger partial charge in [-0.25, -0.2) is 28.6 Å². The fourth-order valence-corrected chi connectivity index (χ4v) is 9.65. The van der Waals surface area contributed by atoms with Gasteiger partial charge in [-0.2, -0.15) is 4.31 Å². The lowest BCUT2D eigenvalue weighted by atomic mass is 9.87. The number of phosphoric acid groups is 3. The van der Waals surface area contributed by atoms with Crippen LogP contribution in [-0.4, -0.2) is 129 Å². The van der Waals surface area contributed by atoms with Gasteiger partial charge in [0.1, 0.15) is 42.5 Å². The molecule has 3 rings (SSSR count). The molecule has 2 unspecified atom stereocenters. The number of aldehydes is 1. The van der Waals surface area contributed by atoms with E-state index in [2.05, 4.69) is 34.4 Å².